The van der Waals surface area contributed by atoms with E-state index in [1.807, 2.05) is 36.4 Å². The molecule has 4 nitrogen and oxygen atoms in total. The smallest absolute Gasteiger partial charge is 0.335 e. The number of carbonyl (C=O) groups is 1. The van der Waals surface area contributed by atoms with Gasteiger partial charge in [-0.05, 0) is 54.4 Å². The quantitative estimate of drug-likeness (QED) is 0.749. The van der Waals surface area contributed by atoms with Crippen LogP contribution >= 0.6 is 11.6 Å². The molecule has 0 bridgehead atoms. The zero-order chi connectivity index (χ0) is 17.4. The summed E-state index contributed by atoms with van der Waals surface area (Å²) in [6, 6.07) is 17.0. The Morgan fingerprint density at radius 3 is 2.68 bits per heavy atom. The van der Waals surface area contributed by atoms with Crippen molar-refractivity contribution >= 4 is 34.3 Å². The standard InChI is InChI=1S/C20H17ClN2O2/c21-17-6-7-18-15(11-17)5-8-19(22-18)23-10-9-16(12-23)13-1-3-14(4-2-13)20(24)25/h1-8,11,16H,9-10,12H2,(H,24,25). The molecule has 1 aromatic heterocycles. The number of aromatic nitrogens is 1. The van der Waals surface area contributed by atoms with Gasteiger partial charge in [-0.25, -0.2) is 9.78 Å². The zero-order valence-electron chi connectivity index (χ0n) is 13.5. The Bertz CT molecular complexity index is 940. The number of pyridine rings is 1. The van der Waals surface area contributed by atoms with Crippen LogP contribution in [0.4, 0.5) is 5.82 Å². The van der Waals surface area contributed by atoms with Crippen LogP contribution in [-0.4, -0.2) is 29.1 Å². The summed E-state index contributed by atoms with van der Waals surface area (Å²) in [7, 11) is 0. The van der Waals surface area contributed by atoms with Crippen molar-refractivity contribution in [3.8, 4) is 0 Å². The number of hydrogen-bond donors (Lipinski definition) is 1. The van der Waals surface area contributed by atoms with Crippen LogP contribution in [0.5, 0.6) is 0 Å². The van der Waals surface area contributed by atoms with E-state index in [9.17, 15) is 4.79 Å². The number of carboxylic acid groups (broad SMARTS) is 1. The van der Waals surface area contributed by atoms with E-state index < -0.39 is 5.97 Å². The molecule has 25 heavy (non-hydrogen) atoms. The van der Waals surface area contributed by atoms with Gasteiger partial charge < -0.3 is 10.0 Å². The number of fused-ring (bicyclic) bond motifs is 1. The van der Waals surface area contributed by atoms with E-state index in [2.05, 4.69) is 11.0 Å². The van der Waals surface area contributed by atoms with Gasteiger partial charge in [-0.1, -0.05) is 23.7 Å². The molecular formula is C20H17ClN2O2. The topological polar surface area (TPSA) is 53.4 Å². The first kappa shape index (κ1) is 15.9. The van der Waals surface area contributed by atoms with Crippen molar-refractivity contribution in [3.63, 3.8) is 0 Å². The minimum absolute atomic E-state index is 0.327. The third kappa shape index (κ3) is 3.17. The van der Waals surface area contributed by atoms with E-state index in [4.69, 9.17) is 21.7 Å². The third-order valence-corrected chi connectivity index (χ3v) is 5.01. The van der Waals surface area contributed by atoms with Crippen molar-refractivity contribution in [1.29, 1.82) is 0 Å². The Kier molecular flexibility index (Phi) is 4.06. The Morgan fingerprint density at radius 1 is 1.12 bits per heavy atom. The third-order valence-electron chi connectivity index (χ3n) is 4.78. The second kappa shape index (κ2) is 6.37. The summed E-state index contributed by atoms with van der Waals surface area (Å²) in [6.07, 6.45) is 1.03. The van der Waals surface area contributed by atoms with Crippen molar-refractivity contribution in [2.75, 3.05) is 18.0 Å². The molecule has 4 rings (SSSR count). The van der Waals surface area contributed by atoms with Crippen LogP contribution in [0, 0.1) is 0 Å². The molecule has 126 valence electrons. The van der Waals surface area contributed by atoms with Crippen LogP contribution in [0.2, 0.25) is 5.02 Å². The molecule has 1 unspecified atom stereocenters. The number of rotatable bonds is 3. The van der Waals surface area contributed by atoms with Crippen molar-refractivity contribution in [2.24, 2.45) is 0 Å². The summed E-state index contributed by atoms with van der Waals surface area (Å²) in [4.78, 5) is 18.0. The first-order valence-electron chi connectivity index (χ1n) is 8.25. The monoisotopic (exact) mass is 352 g/mol. The van der Waals surface area contributed by atoms with Crippen LogP contribution in [0.3, 0.4) is 0 Å². The van der Waals surface area contributed by atoms with Crippen molar-refractivity contribution in [2.45, 2.75) is 12.3 Å². The fourth-order valence-corrected chi connectivity index (χ4v) is 3.58. The lowest BCUT2D eigenvalue weighted by molar-refractivity contribution is 0.0697. The largest absolute Gasteiger partial charge is 0.478 e. The van der Waals surface area contributed by atoms with E-state index in [1.54, 1.807) is 12.1 Å². The molecule has 1 N–H and O–H groups in total. The predicted octanol–water partition coefficient (Wildman–Crippen LogP) is 4.58. The number of halogens is 1. The highest BCUT2D eigenvalue weighted by Gasteiger charge is 2.25. The number of carboxylic acids is 1. The van der Waals surface area contributed by atoms with Gasteiger partial charge in [-0.3, -0.25) is 0 Å². The van der Waals surface area contributed by atoms with E-state index in [-0.39, 0.29) is 0 Å². The summed E-state index contributed by atoms with van der Waals surface area (Å²) >= 11 is 6.03. The SMILES string of the molecule is O=C(O)c1ccc(C2CCN(c3ccc4cc(Cl)ccc4n3)C2)cc1. The van der Waals surface area contributed by atoms with Crippen molar-refractivity contribution in [3.05, 3.63) is 70.7 Å². The van der Waals surface area contributed by atoms with E-state index in [1.165, 1.54) is 5.56 Å². The fourth-order valence-electron chi connectivity index (χ4n) is 3.40. The van der Waals surface area contributed by atoms with Crippen molar-refractivity contribution < 1.29 is 9.90 Å². The molecule has 0 saturated carbocycles. The average molecular weight is 353 g/mol. The molecule has 1 fully saturated rings. The van der Waals surface area contributed by atoms with E-state index in [0.29, 0.717) is 16.5 Å². The van der Waals surface area contributed by atoms with E-state index in [0.717, 1.165) is 36.2 Å². The summed E-state index contributed by atoms with van der Waals surface area (Å²) in [5.41, 5.74) is 2.45. The highest BCUT2D eigenvalue weighted by Crippen LogP contribution is 2.31. The van der Waals surface area contributed by atoms with E-state index >= 15 is 0 Å². The normalized spacial score (nSPS) is 17.2. The molecule has 0 amide bonds. The van der Waals surface area contributed by atoms with Gasteiger partial charge >= 0.3 is 5.97 Å². The maximum Gasteiger partial charge on any atom is 0.335 e. The zero-order valence-corrected chi connectivity index (χ0v) is 14.3. The minimum Gasteiger partial charge on any atom is -0.478 e. The summed E-state index contributed by atoms with van der Waals surface area (Å²) in [6.45, 7) is 1.83. The van der Waals surface area contributed by atoms with Gasteiger partial charge in [0.1, 0.15) is 5.82 Å². The molecule has 0 radical (unpaired) electrons. The second-order valence-electron chi connectivity index (χ2n) is 6.37. The lowest BCUT2D eigenvalue weighted by Gasteiger charge is -2.18. The van der Waals surface area contributed by atoms with Gasteiger partial charge in [0.2, 0.25) is 0 Å². The van der Waals surface area contributed by atoms with Crippen LogP contribution in [0.25, 0.3) is 10.9 Å². The number of anilines is 1. The highest BCUT2D eigenvalue weighted by molar-refractivity contribution is 6.31. The second-order valence-corrected chi connectivity index (χ2v) is 6.80. The number of nitrogens with zero attached hydrogens (tertiary/aromatic N) is 2. The number of benzene rings is 2. The molecule has 1 aliphatic heterocycles. The fraction of sp³-hybridized carbons (Fsp3) is 0.200. The first-order valence-corrected chi connectivity index (χ1v) is 8.62. The molecule has 5 heteroatoms. The van der Waals surface area contributed by atoms with Gasteiger partial charge in [-0.15, -0.1) is 0 Å². The molecule has 1 atom stereocenters. The summed E-state index contributed by atoms with van der Waals surface area (Å²) in [5.74, 6) is 0.477. The van der Waals surface area contributed by atoms with Gasteiger partial charge in [0.25, 0.3) is 0 Å². The van der Waals surface area contributed by atoms with Crippen LogP contribution in [0.1, 0.15) is 28.3 Å². The maximum absolute atomic E-state index is 11.0. The molecule has 1 saturated heterocycles. The van der Waals surface area contributed by atoms with Crippen LogP contribution in [0.15, 0.2) is 54.6 Å². The first-order chi connectivity index (χ1) is 12.1. The van der Waals surface area contributed by atoms with Crippen LogP contribution < -0.4 is 4.90 Å². The Hall–Kier alpha value is -2.59. The van der Waals surface area contributed by atoms with Crippen LogP contribution in [-0.2, 0) is 0 Å². The Balaban J connectivity index is 1.53. The maximum atomic E-state index is 11.0. The average Bonchev–Trinajstić information content (AvgIpc) is 3.11. The Labute approximate surface area is 150 Å². The lowest BCUT2D eigenvalue weighted by Crippen LogP contribution is -2.20. The molecule has 2 heterocycles. The lowest BCUT2D eigenvalue weighted by atomic mass is 9.97. The predicted molar refractivity (Wildman–Crippen MR) is 99.7 cm³/mol. The molecule has 0 spiro atoms. The summed E-state index contributed by atoms with van der Waals surface area (Å²) < 4.78 is 0. The minimum atomic E-state index is -0.889. The molecule has 0 aliphatic carbocycles. The van der Waals surface area contributed by atoms with Gasteiger partial charge in [0.15, 0.2) is 0 Å². The summed E-state index contributed by atoms with van der Waals surface area (Å²) in [5, 5.41) is 10.8. The van der Waals surface area contributed by atoms with Gasteiger partial charge in [0, 0.05) is 29.4 Å². The molecular weight excluding hydrogens is 336 g/mol. The molecule has 1 aliphatic rings. The van der Waals surface area contributed by atoms with Crippen molar-refractivity contribution in [1.82, 2.24) is 4.98 Å². The van der Waals surface area contributed by atoms with Gasteiger partial charge in [-0.2, -0.15) is 0 Å². The molecule has 2 aromatic carbocycles. The number of aromatic carboxylic acids is 1. The number of hydrogen-bond acceptors (Lipinski definition) is 3. The highest BCUT2D eigenvalue weighted by atomic mass is 35.5. The Morgan fingerprint density at radius 2 is 1.92 bits per heavy atom. The van der Waals surface area contributed by atoms with Gasteiger partial charge in [0.05, 0.1) is 11.1 Å². The molecule has 3 aromatic rings.